The summed E-state index contributed by atoms with van der Waals surface area (Å²) in [5, 5.41) is 9.61. The smallest absolute Gasteiger partial charge is 0.165 e. The van der Waals surface area contributed by atoms with E-state index < -0.39 is 5.82 Å². The molecule has 144 valence electrons. The first-order valence-electron chi connectivity index (χ1n) is 9.20. The van der Waals surface area contributed by atoms with Crippen LogP contribution >= 0.6 is 11.6 Å². The van der Waals surface area contributed by atoms with Crippen molar-refractivity contribution in [2.45, 2.75) is 13.3 Å². The van der Waals surface area contributed by atoms with Crippen LogP contribution in [0, 0.1) is 5.82 Å². The molecule has 0 bridgehead atoms. The normalized spacial score (nSPS) is 11.8. The van der Waals surface area contributed by atoms with Crippen molar-refractivity contribution in [3.05, 3.63) is 95.3 Å². The number of halogens is 2. The molecule has 0 aromatic heterocycles. The van der Waals surface area contributed by atoms with E-state index in [1.807, 2.05) is 54.6 Å². The first-order chi connectivity index (χ1) is 13.6. The van der Waals surface area contributed by atoms with Crippen molar-refractivity contribution in [2.75, 3.05) is 12.5 Å². The highest BCUT2D eigenvalue weighted by Gasteiger charge is 2.15. The zero-order chi connectivity index (χ0) is 19.9. The van der Waals surface area contributed by atoms with Crippen LogP contribution < -0.4 is 4.74 Å². The van der Waals surface area contributed by atoms with Gasteiger partial charge >= 0.3 is 0 Å². The third kappa shape index (κ3) is 4.55. The van der Waals surface area contributed by atoms with Crippen LogP contribution in [0.15, 0.2) is 72.8 Å². The summed E-state index contributed by atoms with van der Waals surface area (Å²) in [5.41, 5.74) is 4.77. The summed E-state index contributed by atoms with van der Waals surface area (Å²) in [6.45, 7) is 2.52. The van der Waals surface area contributed by atoms with Gasteiger partial charge in [0.1, 0.15) is 12.4 Å². The molecule has 1 N–H and O–H groups in total. The number of aromatic hydroxyl groups is 1. The number of benzene rings is 3. The van der Waals surface area contributed by atoms with Gasteiger partial charge in [0.15, 0.2) is 11.6 Å². The number of rotatable bonds is 7. The summed E-state index contributed by atoms with van der Waals surface area (Å²) in [7, 11) is 0. The third-order valence-electron chi connectivity index (χ3n) is 4.50. The van der Waals surface area contributed by atoms with Gasteiger partial charge in [-0.05, 0) is 58.5 Å². The van der Waals surface area contributed by atoms with Gasteiger partial charge in [0.25, 0.3) is 0 Å². The Kier molecular flexibility index (Phi) is 6.72. The first kappa shape index (κ1) is 20.0. The lowest BCUT2D eigenvalue weighted by molar-refractivity contribution is 0.343. The van der Waals surface area contributed by atoms with Gasteiger partial charge in [-0.25, -0.2) is 4.39 Å². The van der Waals surface area contributed by atoms with Gasteiger partial charge < -0.3 is 9.84 Å². The monoisotopic (exact) mass is 396 g/mol. The largest absolute Gasteiger partial charge is 0.505 e. The van der Waals surface area contributed by atoms with Crippen molar-refractivity contribution >= 4 is 22.7 Å². The Bertz CT molecular complexity index is 950. The molecule has 2 nitrogen and oxygen atoms in total. The van der Waals surface area contributed by atoms with Gasteiger partial charge in [-0.3, -0.25) is 0 Å². The second-order valence-electron chi connectivity index (χ2n) is 6.30. The molecule has 0 saturated heterocycles. The number of hydrogen-bond donors (Lipinski definition) is 1. The number of hydrogen-bond acceptors (Lipinski definition) is 2. The predicted octanol–water partition coefficient (Wildman–Crippen LogP) is 6.52. The van der Waals surface area contributed by atoms with Crippen molar-refractivity contribution in [3.63, 3.8) is 0 Å². The fourth-order valence-corrected chi connectivity index (χ4v) is 3.29. The third-order valence-corrected chi connectivity index (χ3v) is 4.66. The van der Waals surface area contributed by atoms with Gasteiger partial charge in [0.2, 0.25) is 0 Å². The average Bonchev–Trinajstić information content (AvgIpc) is 2.74. The van der Waals surface area contributed by atoms with E-state index in [0.29, 0.717) is 18.1 Å². The number of allylic oxidation sites excluding steroid dienone is 1. The van der Waals surface area contributed by atoms with Crippen molar-refractivity contribution in [1.29, 1.82) is 0 Å². The van der Waals surface area contributed by atoms with E-state index in [1.165, 1.54) is 12.1 Å². The molecular weight excluding hydrogens is 375 g/mol. The summed E-state index contributed by atoms with van der Waals surface area (Å²) in [5.74, 6) is 0.165. The van der Waals surface area contributed by atoms with Crippen LogP contribution in [0.4, 0.5) is 4.39 Å². The standard InChI is InChI=1S/C24H22ClFO2/c1-2-21(17-6-4-3-5-7-17)24(19-10-13-23(27)22(26)16-19)18-8-11-20(12-9-18)28-15-14-25/h3-13,16,27H,2,14-15H2,1H3. The molecule has 3 aromatic rings. The highest BCUT2D eigenvalue weighted by atomic mass is 35.5. The second kappa shape index (κ2) is 9.43. The fraction of sp³-hybridized carbons (Fsp3) is 0.167. The van der Waals surface area contributed by atoms with E-state index in [1.54, 1.807) is 6.07 Å². The van der Waals surface area contributed by atoms with E-state index in [-0.39, 0.29) is 5.75 Å². The van der Waals surface area contributed by atoms with Crippen LogP contribution in [-0.4, -0.2) is 17.6 Å². The minimum absolute atomic E-state index is 0.356. The molecule has 28 heavy (non-hydrogen) atoms. The molecule has 0 spiro atoms. The Morgan fingerprint density at radius 1 is 0.929 bits per heavy atom. The molecule has 0 radical (unpaired) electrons. The maximum absolute atomic E-state index is 14.1. The van der Waals surface area contributed by atoms with Gasteiger partial charge in [-0.15, -0.1) is 11.6 Å². The summed E-state index contributed by atoms with van der Waals surface area (Å²) >= 11 is 5.68. The van der Waals surface area contributed by atoms with Crippen LogP contribution in [-0.2, 0) is 0 Å². The quantitative estimate of drug-likeness (QED) is 0.364. The lowest BCUT2D eigenvalue weighted by Crippen LogP contribution is -1.99. The lowest BCUT2D eigenvalue weighted by atomic mass is 9.88. The van der Waals surface area contributed by atoms with Gasteiger partial charge in [0.05, 0.1) is 5.88 Å². The zero-order valence-electron chi connectivity index (χ0n) is 15.7. The maximum atomic E-state index is 14.1. The molecular formula is C24H22ClFO2. The van der Waals surface area contributed by atoms with Crippen LogP contribution in [0.25, 0.3) is 11.1 Å². The van der Waals surface area contributed by atoms with Crippen LogP contribution in [0.3, 0.4) is 0 Å². The van der Waals surface area contributed by atoms with Crippen molar-refractivity contribution < 1.29 is 14.2 Å². The molecule has 0 amide bonds. The first-order valence-corrected chi connectivity index (χ1v) is 9.74. The maximum Gasteiger partial charge on any atom is 0.165 e. The molecule has 0 saturated carbocycles. The van der Waals surface area contributed by atoms with E-state index in [2.05, 4.69) is 6.92 Å². The van der Waals surface area contributed by atoms with Gasteiger partial charge in [-0.2, -0.15) is 0 Å². The Morgan fingerprint density at radius 2 is 1.61 bits per heavy atom. The summed E-state index contributed by atoms with van der Waals surface area (Å²) in [6, 6.07) is 22.2. The molecule has 0 atom stereocenters. The molecule has 0 fully saturated rings. The van der Waals surface area contributed by atoms with Crippen LogP contribution in [0.5, 0.6) is 11.5 Å². The van der Waals surface area contributed by atoms with Crippen LogP contribution in [0.2, 0.25) is 0 Å². The molecule has 0 aliphatic heterocycles. The van der Waals surface area contributed by atoms with Gasteiger partial charge in [-0.1, -0.05) is 55.5 Å². The van der Waals surface area contributed by atoms with Crippen LogP contribution in [0.1, 0.15) is 30.0 Å². The minimum atomic E-state index is -0.638. The summed E-state index contributed by atoms with van der Waals surface area (Å²) in [4.78, 5) is 0. The molecule has 4 heteroatoms. The molecule has 0 aliphatic carbocycles. The summed E-state index contributed by atoms with van der Waals surface area (Å²) < 4.78 is 19.7. The van der Waals surface area contributed by atoms with E-state index >= 15 is 0 Å². The fourth-order valence-electron chi connectivity index (χ4n) is 3.22. The van der Waals surface area contributed by atoms with E-state index in [9.17, 15) is 9.50 Å². The number of ether oxygens (including phenoxy) is 1. The molecule has 3 aromatic carbocycles. The number of alkyl halides is 1. The SMILES string of the molecule is CCC(=C(c1ccc(OCCCl)cc1)c1ccc(O)c(F)c1)c1ccccc1. The zero-order valence-corrected chi connectivity index (χ0v) is 16.4. The lowest BCUT2D eigenvalue weighted by Gasteiger charge is -2.17. The Labute approximate surface area is 169 Å². The molecule has 0 unspecified atom stereocenters. The Hall–Kier alpha value is -2.78. The minimum Gasteiger partial charge on any atom is -0.505 e. The van der Waals surface area contributed by atoms with E-state index in [0.717, 1.165) is 34.4 Å². The number of phenolic OH excluding ortho intramolecular Hbond substituents is 1. The highest BCUT2D eigenvalue weighted by molar-refractivity contribution is 6.18. The van der Waals surface area contributed by atoms with E-state index in [4.69, 9.17) is 16.3 Å². The average molecular weight is 397 g/mol. The predicted molar refractivity (Wildman–Crippen MR) is 113 cm³/mol. The van der Waals surface area contributed by atoms with Crippen molar-refractivity contribution in [2.24, 2.45) is 0 Å². The Balaban J connectivity index is 2.16. The highest BCUT2D eigenvalue weighted by Crippen LogP contribution is 2.36. The molecule has 0 aliphatic rings. The number of phenols is 1. The topological polar surface area (TPSA) is 29.5 Å². The second-order valence-corrected chi connectivity index (χ2v) is 6.68. The molecule has 3 rings (SSSR count). The van der Waals surface area contributed by atoms with Gasteiger partial charge in [0, 0.05) is 0 Å². The van der Waals surface area contributed by atoms with Crippen molar-refractivity contribution in [1.82, 2.24) is 0 Å². The Morgan fingerprint density at radius 3 is 2.21 bits per heavy atom. The molecule has 0 heterocycles. The van der Waals surface area contributed by atoms with Crippen molar-refractivity contribution in [3.8, 4) is 11.5 Å². The summed E-state index contributed by atoms with van der Waals surface area (Å²) in [6.07, 6.45) is 0.770.